The molecule has 0 bridgehead atoms. The van der Waals surface area contributed by atoms with Gasteiger partial charge in [-0.05, 0) is 64.0 Å². The van der Waals surface area contributed by atoms with Crippen LogP contribution in [0.15, 0.2) is 42.6 Å². The third-order valence-electron chi connectivity index (χ3n) is 6.17. The summed E-state index contributed by atoms with van der Waals surface area (Å²) < 4.78 is 0. The third-order valence-corrected chi connectivity index (χ3v) is 6.17. The zero-order chi connectivity index (χ0) is 28.7. The van der Waals surface area contributed by atoms with Crippen LogP contribution in [0.3, 0.4) is 0 Å². The molecule has 0 saturated carbocycles. The number of amides is 2. The molecule has 2 amide bonds. The Morgan fingerprint density at radius 3 is 2.75 bits per heavy atom. The van der Waals surface area contributed by atoms with Gasteiger partial charge in [0.15, 0.2) is 0 Å². The van der Waals surface area contributed by atoms with Gasteiger partial charge >= 0.3 is 0 Å². The van der Waals surface area contributed by atoms with Gasteiger partial charge in [-0.3, -0.25) is 9.59 Å². The predicted octanol–water partition coefficient (Wildman–Crippen LogP) is 3.27. The van der Waals surface area contributed by atoms with Crippen LogP contribution in [0.25, 0.3) is 0 Å². The van der Waals surface area contributed by atoms with Crippen molar-refractivity contribution >= 4 is 29.3 Å². The number of rotatable bonds is 12. The van der Waals surface area contributed by atoms with E-state index in [-0.39, 0.29) is 11.8 Å². The molecule has 1 aliphatic rings. The maximum absolute atomic E-state index is 12.7. The van der Waals surface area contributed by atoms with Crippen LogP contribution >= 0.6 is 0 Å². The zero-order valence-corrected chi connectivity index (χ0v) is 23.5. The molecular weight excluding hydrogens is 504 g/mol. The normalized spacial score (nSPS) is 14.5. The van der Waals surface area contributed by atoms with Crippen molar-refractivity contribution in [3.63, 3.8) is 0 Å². The van der Waals surface area contributed by atoms with Crippen LogP contribution in [-0.4, -0.2) is 77.9 Å². The fourth-order valence-electron chi connectivity index (χ4n) is 4.10. The average molecular weight is 543 g/mol. The van der Waals surface area contributed by atoms with Crippen LogP contribution in [0.1, 0.15) is 50.2 Å². The van der Waals surface area contributed by atoms with E-state index in [1.165, 1.54) is 0 Å². The summed E-state index contributed by atoms with van der Waals surface area (Å²) in [6, 6.07) is 8.76. The number of carbonyl (C=O) groups excluding carboxylic acids is 2. The number of nitriles is 1. The Labute approximate surface area is 236 Å². The molecule has 1 aliphatic heterocycles. The highest BCUT2D eigenvalue weighted by Crippen LogP contribution is 2.19. The zero-order valence-electron chi connectivity index (χ0n) is 23.5. The molecule has 1 fully saturated rings. The number of hydrogen-bond acceptors (Lipinski definition) is 8. The molecule has 1 atom stereocenters. The maximum Gasteiger partial charge on any atom is 0.246 e. The van der Waals surface area contributed by atoms with Gasteiger partial charge in [0.2, 0.25) is 17.8 Å². The van der Waals surface area contributed by atoms with Crippen molar-refractivity contribution in [2.24, 2.45) is 0 Å². The highest BCUT2D eigenvalue weighted by Gasteiger charge is 2.32. The summed E-state index contributed by atoms with van der Waals surface area (Å²) in [5.41, 5.74) is 2.07. The lowest BCUT2D eigenvalue weighted by atomic mass is 10.2. The van der Waals surface area contributed by atoms with E-state index in [1.54, 1.807) is 41.4 Å². The topological polar surface area (TPSA) is 126 Å². The second-order valence-electron chi connectivity index (χ2n) is 9.75. The van der Waals surface area contributed by atoms with E-state index in [2.05, 4.69) is 50.8 Å². The Bertz CT molecular complexity index is 1270. The lowest BCUT2D eigenvalue weighted by Crippen LogP contribution is -2.45. The van der Waals surface area contributed by atoms with Gasteiger partial charge in [-0.25, -0.2) is 4.98 Å². The predicted molar refractivity (Wildman–Crippen MR) is 157 cm³/mol. The molecule has 2 heterocycles. The first kappa shape index (κ1) is 30.1. The number of anilines is 3. The van der Waals surface area contributed by atoms with Gasteiger partial charge in [-0.1, -0.05) is 24.8 Å². The molecule has 2 aromatic rings. The first-order valence-electron chi connectivity index (χ1n) is 13.7. The van der Waals surface area contributed by atoms with Crippen molar-refractivity contribution in [1.82, 2.24) is 25.1 Å². The third kappa shape index (κ3) is 9.40. The summed E-state index contributed by atoms with van der Waals surface area (Å²) in [5, 5.41) is 18.4. The van der Waals surface area contributed by atoms with Crippen LogP contribution in [0.5, 0.6) is 0 Å². The fraction of sp³-hybridized carbons (Fsp3) is 0.433. The van der Waals surface area contributed by atoms with Crippen molar-refractivity contribution in [3.8, 4) is 17.9 Å². The quantitative estimate of drug-likeness (QED) is 0.212. The molecule has 40 heavy (non-hydrogen) atoms. The molecule has 0 unspecified atom stereocenters. The van der Waals surface area contributed by atoms with Crippen molar-refractivity contribution in [2.45, 2.75) is 45.1 Å². The number of aromatic nitrogens is 2. The van der Waals surface area contributed by atoms with Gasteiger partial charge in [0.05, 0.1) is 23.4 Å². The average Bonchev–Trinajstić information content (AvgIpc) is 3.45. The first-order valence-corrected chi connectivity index (χ1v) is 13.7. The van der Waals surface area contributed by atoms with E-state index < -0.39 is 6.04 Å². The summed E-state index contributed by atoms with van der Waals surface area (Å²) in [6.07, 6.45) is 8.80. The van der Waals surface area contributed by atoms with Gasteiger partial charge in [0, 0.05) is 44.4 Å². The second kappa shape index (κ2) is 15.9. The Kier molecular flexibility index (Phi) is 12.0. The minimum atomic E-state index is -0.414. The van der Waals surface area contributed by atoms with E-state index in [0.717, 1.165) is 25.1 Å². The fourth-order valence-corrected chi connectivity index (χ4v) is 4.10. The van der Waals surface area contributed by atoms with E-state index in [4.69, 9.17) is 5.26 Å². The molecular formula is C30H38N8O2. The Hall–Kier alpha value is -4.41. The monoisotopic (exact) mass is 542 g/mol. The molecule has 0 spiro atoms. The van der Waals surface area contributed by atoms with Gasteiger partial charge in [-0.2, -0.15) is 10.2 Å². The van der Waals surface area contributed by atoms with Gasteiger partial charge < -0.3 is 25.8 Å². The number of hydrogen-bond donors (Lipinski definition) is 3. The lowest BCUT2D eigenvalue weighted by Gasteiger charge is -2.22. The number of likely N-dealkylation sites (tertiary alicyclic amines) is 1. The Morgan fingerprint density at radius 1 is 1.23 bits per heavy atom. The Morgan fingerprint density at radius 2 is 2.02 bits per heavy atom. The molecule has 3 rings (SSSR count). The SMILES string of the molecule is CCCNc1nc(Nc2ccc(C#N)cc2)ncc1C#CCCCNC(=O)[C@@H]1CCCN1C(=O)C=CCN(C)C. The minimum absolute atomic E-state index is 0.107. The summed E-state index contributed by atoms with van der Waals surface area (Å²) in [4.78, 5) is 37.8. The Balaban J connectivity index is 1.50. The highest BCUT2D eigenvalue weighted by atomic mass is 16.2. The molecule has 1 aromatic heterocycles. The number of benzene rings is 1. The summed E-state index contributed by atoms with van der Waals surface area (Å²) >= 11 is 0. The van der Waals surface area contributed by atoms with Crippen molar-refractivity contribution < 1.29 is 9.59 Å². The molecule has 1 aromatic carbocycles. The number of likely N-dealkylation sites (N-methyl/N-ethyl adjacent to an activating group) is 1. The number of carbonyl (C=O) groups is 2. The van der Waals surface area contributed by atoms with Crippen molar-refractivity contribution in [2.75, 3.05) is 50.9 Å². The van der Waals surface area contributed by atoms with E-state index >= 15 is 0 Å². The smallest absolute Gasteiger partial charge is 0.246 e. The first-order chi connectivity index (χ1) is 19.4. The van der Waals surface area contributed by atoms with Crippen LogP contribution in [0.2, 0.25) is 0 Å². The van der Waals surface area contributed by atoms with Crippen LogP contribution < -0.4 is 16.0 Å². The van der Waals surface area contributed by atoms with Crippen molar-refractivity contribution in [1.29, 1.82) is 5.26 Å². The van der Waals surface area contributed by atoms with E-state index in [0.29, 0.717) is 61.8 Å². The molecule has 1 saturated heterocycles. The number of nitrogens with one attached hydrogen (secondary N) is 3. The van der Waals surface area contributed by atoms with Crippen LogP contribution in [0.4, 0.5) is 17.5 Å². The van der Waals surface area contributed by atoms with Crippen LogP contribution in [0, 0.1) is 23.2 Å². The van der Waals surface area contributed by atoms with Gasteiger partial charge in [0.1, 0.15) is 11.9 Å². The van der Waals surface area contributed by atoms with Gasteiger partial charge in [-0.15, -0.1) is 0 Å². The molecule has 10 nitrogen and oxygen atoms in total. The molecule has 3 N–H and O–H groups in total. The van der Waals surface area contributed by atoms with Crippen molar-refractivity contribution in [3.05, 3.63) is 53.7 Å². The minimum Gasteiger partial charge on any atom is -0.369 e. The van der Waals surface area contributed by atoms with E-state index in [1.807, 2.05) is 25.1 Å². The standard InChI is InChI=1S/C30H38N8O2/c1-4-17-32-28-24(22-34-30(36-28)35-25-15-13-23(21-31)14-16-25)10-6-5-7-18-33-29(40)26-11-8-20-38(26)27(39)12-9-19-37(2)3/h9,12-16,22,26H,4-5,7-8,11,17-20H2,1-3H3,(H,33,40)(H2,32,34,35,36)/t26-/m0/s1. The summed E-state index contributed by atoms with van der Waals surface area (Å²) in [5.74, 6) is 7.16. The molecule has 0 radical (unpaired) electrons. The second-order valence-corrected chi connectivity index (χ2v) is 9.75. The largest absolute Gasteiger partial charge is 0.369 e. The van der Waals surface area contributed by atoms with Gasteiger partial charge in [0.25, 0.3) is 0 Å². The highest BCUT2D eigenvalue weighted by molar-refractivity contribution is 5.93. The molecule has 0 aliphatic carbocycles. The number of nitrogens with zero attached hydrogens (tertiary/aromatic N) is 5. The lowest BCUT2D eigenvalue weighted by molar-refractivity contribution is -0.135. The number of unbranched alkanes of at least 4 members (excludes halogenated alkanes) is 1. The molecule has 10 heteroatoms. The maximum atomic E-state index is 12.7. The summed E-state index contributed by atoms with van der Waals surface area (Å²) in [6.45, 7) is 4.60. The van der Waals surface area contributed by atoms with Crippen LogP contribution in [-0.2, 0) is 9.59 Å². The van der Waals surface area contributed by atoms with E-state index in [9.17, 15) is 9.59 Å². The summed E-state index contributed by atoms with van der Waals surface area (Å²) in [7, 11) is 3.88. The molecule has 210 valence electrons.